The lowest BCUT2D eigenvalue weighted by atomic mass is 10.0. The van der Waals surface area contributed by atoms with E-state index < -0.39 is 0 Å². The van der Waals surface area contributed by atoms with Gasteiger partial charge >= 0.3 is 0 Å². The second-order valence-corrected chi connectivity index (χ2v) is 6.55. The first-order valence-electron chi connectivity index (χ1n) is 8.30. The second kappa shape index (κ2) is 8.11. The highest BCUT2D eigenvalue weighted by Gasteiger charge is 2.13. The van der Waals surface area contributed by atoms with E-state index in [0.717, 1.165) is 35.8 Å². The lowest BCUT2D eigenvalue weighted by molar-refractivity contribution is 0.821. The molecule has 0 aliphatic rings. The molecule has 0 radical (unpaired) electrons. The van der Waals surface area contributed by atoms with Crippen molar-refractivity contribution < 1.29 is 0 Å². The molecule has 0 bridgehead atoms. The largest absolute Gasteiger partial charge is 0.237 e. The maximum Gasteiger partial charge on any atom is 0.134 e. The van der Waals surface area contributed by atoms with Crippen LogP contribution in [0, 0.1) is 0 Å². The van der Waals surface area contributed by atoms with Gasteiger partial charge in [-0.3, -0.25) is 0 Å². The molecule has 0 saturated heterocycles. The third-order valence-electron chi connectivity index (χ3n) is 4.07. The van der Waals surface area contributed by atoms with Gasteiger partial charge in [0.1, 0.15) is 10.9 Å². The van der Waals surface area contributed by atoms with Crippen LogP contribution >= 0.6 is 11.8 Å². The molecule has 0 amide bonds. The number of hydrogen-bond donors (Lipinski definition) is 0. The van der Waals surface area contributed by atoms with Crippen molar-refractivity contribution in [1.29, 1.82) is 0 Å². The Morgan fingerprint density at radius 2 is 1.38 bits per heavy atom. The van der Waals surface area contributed by atoms with Crippen LogP contribution in [-0.2, 0) is 19.3 Å². The molecule has 0 fully saturated rings. The Balaban J connectivity index is 1.97. The van der Waals surface area contributed by atoms with Gasteiger partial charge in [0.25, 0.3) is 0 Å². The molecule has 0 N–H and O–H groups in total. The van der Waals surface area contributed by atoms with E-state index in [-0.39, 0.29) is 0 Å². The maximum absolute atomic E-state index is 4.92. The Hall–Kier alpha value is -2.13. The second-order valence-electron chi connectivity index (χ2n) is 5.75. The van der Waals surface area contributed by atoms with Crippen LogP contribution in [-0.4, -0.2) is 16.2 Å². The SMILES string of the molecule is CCc1c(Cc2ccccc2)nc(Cc2ccccc2)nc1SC. The third kappa shape index (κ3) is 4.04. The van der Waals surface area contributed by atoms with Crippen LogP contribution in [0.2, 0.25) is 0 Å². The zero-order valence-electron chi connectivity index (χ0n) is 14.2. The molecule has 0 saturated carbocycles. The number of aromatic nitrogens is 2. The molecule has 2 nitrogen and oxygen atoms in total. The molecule has 0 aliphatic heterocycles. The summed E-state index contributed by atoms with van der Waals surface area (Å²) in [5.41, 5.74) is 4.99. The van der Waals surface area contributed by atoms with Crippen molar-refractivity contribution in [3.05, 3.63) is 88.9 Å². The molecule has 122 valence electrons. The summed E-state index contributed by atoms with van der Waals surface area (Å²) in [4.78, 5) is 9.73. The minimum Gasteiger partial charge on any atom is -0.237 e. The Labute approximate surface area is 148 Å². The van der Waals surface area contributed by atoms with Crippen LogP contribution in [0.4, 0.5) is 0 Å². The number of thioether (sulfide) groups is 1. The van der Waals surface area contributed by atoms with Crippen molar-refractivity contribution in [2.24, 2.45) is 0 Å². The van der Waals surface area contributed by atoms with Gasteiger partial charge in [0.15, 0.2) is 0 Å². The standard InChI is InChI=1S/C21H22N2S/c1-3-18-19(14-16-10-6-4-7-11-16)22-20(23-21(18)24-2)15-17-12-8-5-9-13-17/h4-13H,3,14-15H2,1-2H3. The molecule has 3 aromatic rings. The fourth-order valence-corrected chi connectivity index (χ4v) is 3.58. The third-order valence-corrected chi connectivity index (χ3v) is 4.79. The Bertz CT molecular complexity index is 786. The molecule has 3 heteroatoms. The van der Waals surface area contributed by atoms with Crippen LogP contribution in [0.25, 0.3) is 0 Å². The summed E-state index contributed by atoms with van der Waals surface area (Å²) < 4.78 is 0. The fraction of sp³-hybridized carbons (Fsp3) is 0.238. The molecule has 0 atom stereocenters. The number of nitrogens with zero attached hydrogens (tertiary/aromatic N) is 2. The quantitative estimate of drug-likeness (QED) is 0.471. The highest BCUT2D eigenvalue weighted by Crippen LogP contribution is 2.24. The molecule has 1 aromatic heterocycles. The minimum absolute atomic E-state index is 0.778. The fourth-order valence-electron chi connectivity index (χ4n) is 2.87. The molecule has 24 heavy (non-hydrogen) atoms. The average molecular weight is 334 g/mol. The van der Waals surface area contributed by atoms with Gasteiger partial charge in [0, 0.05) is 18.4 Å². The lowest BCUT2D eigenvalue weighted by Crippen LogP contribution is -2.08. The van der Waals surface area contributed by atoms with Gasteiger partial charge in [-0.1, -0.05) is 67.6 Å². The molecule has 0 spiro atoms. The van der Waals surface area contributed by atoms with Gasteiger partial charge in [-0.25, -0.2) is 9.97 Å². The van der Waals surface area contributed by atoms with E-state index in [9.17, 15) is 0 Å². The summed E-state index contributed by atoms with van der Waals surface area (Å²) in [7, 11) is 0. The summed E-state index contributed by atoms with van der Waals surface area (Å²) in [5.74, 6) is 0.911. The smallest absolute Gasteiger partial charge is 0.134 e. The first-order valence-corrected chi connectivity index (χ1v) is 9.53. The first kappa shape index (κ1) is 16.7. The van der Waals surface area contributed by atoms with Crippen molar-refractivity contribution in [3.63, 3.8) is 0 Å². The van der Waals surface area contributed by atoms with Gasteiger partial charge in [0.2, 0.25) is 0 Å². The first-order chi connectivity index (χ1) is 11.8. The zero-order chi connectivity index (χ0) is 16.8. The van der Waals surface area contributed by atoms with Crippen LogP contribution in [0.1, 0.15) is 35.1 Å². The van der Waals surface area contributed by atoms with E-state index in [4.69, 9.17) is 9.97 Å². The Morgan fingerprint density at radius 1 is 0.792 bits per heavy atom. The molecular formula is C21H22N2S. The lowest BCUT2D eigenvalue weighted by Gasteiger charge is -2.13. The molecule has 0 aliphatic carbocycles. The minimum atomic E-state index is 0.778. The van der Waals surface area contributed by atoms with E-state index >= 15 is 0 Å². The monoisotopic (exact) mass is 334 g/mol. The van der Waals surface area contributed by atoms with Gasteiger partial charge in [-0.05, 0) is 23.8 Å². The zero-order valence-corrected chi connectivity index (χ0v) is 15.0. The van der Waals surface area contributed by atoms with E-state index in [1.54, 1.807) is 11.8 Å². The topological polar surface area (TPSA) is 25.8 Å². The predicted molar refractivity (Wildman–Crippen MR) is 102 cm³/mol. The average Bonchev–Trinajstić information content (AvgIpc) is 2.63. The normalized spacial score (nSPS) is 10.8. The van der Waals surface area contributed by atoms with Crippen molar-refractivity contribution in [3.8, 4) is 0 Å². The van der Waals surface area contributed by atoms with Crippen molar-refractivity contribution in [2.75, 3.05) is 6.26 Å². The van der Waals surface area contributed by atoms with Crippen molar-refractivity contribution in [2.45, 2.75) is 31.2 Å². The van der Waals surface area contributed by atoms with Crippen LogP contribution in [0.3, 0.4) is 0 Å². The van der Waals surface area contributed by atoms with Gasteiger partial charge in [-0.2, -0.15) is 0 Å². The number of benzene rings is 2. The van der Waals surface area contributed by atoms with Crippen LogP contribution in [0.15, 0.2) is 65.7 Å². The van der Waals surface area contributed by atoms with Crippen LogP contribution in [0.5, 0.6) is 0 Å². The summed E-state index contributed by atoms with van der Waals surface area (Å²) in [6.07, 6.45) is 4.70. The predicted octanol–water partition coefficient (Wildman–Crippen LogP) is 4.94. The van der Waals surface area contributed by atoms with Crippen LogP contribution < -0.4 is 0 Å². The molecule has 3 rings (SSSR count). The summed E-state index contributed by atoms with van der Waals surface area (Å²) in [6.45, 7) is 2.18. The summed E-state index contributed by atoms with van der Waals surface area (Å²) >= 11 is 1.72. The highest BCUT2D eigenvalue weighted by molar-refractivity contribution is 7.98. The van der Waals surface area contributed by atoms with Gasteiger partial charge in [0.05, 0.1) is 5.69 Å². The number of rotatable bonds is 6. The van der Waals surface area contributed by atoms with E-state index in [1.807, 2.05) is 6.07 Å². The molecule has 1 heterocycles. The number of hydrogen-bond acceptors (Lipinski definition) is 3. The molecule has 0 unspecified atom stereocenters. The van der Waals surface area contributed by atoms with E-state index in [0.29, 0.717) is 0 Å². The van der Waals surface area contributed by atoms with Crippen molar-refractivity contribution in [1.82, 2.24) is 9.97 Å². The maximum atomic E-state index is 4.92. The highest BCUT2D eigenvalue weighted by atomic mass is 32.2. The van der Waals surface area contributed by atoms with Gasteiger partial charge in [-0.15, -0.1) is 11.8 Å². The van der Waals surface area contributed by atoms with E-state index in [1.165, 1.54) is 16.7 Å². The Morgan fingerprint density at radius 3 is 1.92 bits per heavy atom. The summed E-state index contributed by atoms with van der Waals surface area (Å²) in [5, 5.41) is 1.12. The van der Waals surface area contributed by atoms with Crippen molar-refractivity contribution >= 4 is 11.8 Å². The molecule has 2 aromatic carbocycles. The van der Waals surface area contributed by atoms with E-state index in [2.05, 4.69) is 67.8 Å². The molecular weight excluding hydrogens is 312 g/mol. The van der Waals surface area contributed by atoms with Gasteiger partial charge < -0.3 is 0 Å². The summed E-state index contributed by atoms with van der Waals surface area (Å²) in [6, 6.07) is 21.0. The Kier molecular flexibility index (Phi) is 5.65.